The summed E-state index contributed by atoms with van der Waals surface area (Å²) in [5, 5.41) is 10.7. The Morgan fingerprint density at radius 3 is 2.69 bits per heavy atom. The zero-order valence-corrected chi connectivity index (χ0v) is 9.56. The van der Waals surface area contributed by atoms with E-state index in [4.69, 9.17) is 11.6 Å². The molecule has 1 N–H and O–H groups in total. The minimum Gasteiger partial charge on any atom is -0.385 e. The van der Waals surface area contributed by atoms with Crippen molar-refractivity contribution in [1.29, 1.82) is 0 Å². The van der Waals surface area contributed by atoms with Crippen molar-refractivity contribution in [3.05, 3.63) is 33.3 Å². The second-order valence-corrected chi connectivity index (χ2v) is 4.98. The van der Waals surface area contributed by atoms with Crippen molar-refractivity contribution < 1.29 is 5.11 Å². The molecule has 2 atom stereocenters. The molecule has 0 bridgehead atoms. The summed E-state index contributed by atoms with van der Waals surface area (Å²) in [4.78, 5) is 0. The van der Waals surface area contributed by atoms with Crippen molar-refractivity contribution in [1.82, 2.24) is 0 Å². The first-order valence-electron chi connectivity index (χ1n) is 4.22. The van der Waals surface area contributed by atoms with E-state index in [1.165, 1.54) is 0 Å². The van der Waals surface area contributed by atoms with E-state index in [2.05, 4.69) is 15.9 Å². The third kappa shape index (κ3) is 1.51. The van der Waals surface area contributed by atoms with Crippen LogP contribution in [0.3, 0.4) is 0 Å². The van der Waals surface area contributed by atoms with Gasteiger partial charge in [-0.15, -0.1) is 0 Å². The van der Waals surface area contributed by atoms with Crippen molar-refractivity contribution in [3.63, 3.8) is 0 Å². The molecule has 2 rings (SSSR count). The molecule has 3 heteroatoms. The van der Waals surface area contributed by atoms with Crippen LogP contribution in [0.25, 0.3) is 0 Å². The molecule has 0 heterocycles. The highest BCUT2D eigenvalue weighted by Crippen LogP contribution is 2.53. The number of hydrogen-bond donors (Lipinski definition) is 1. The number of hydrogen-bond acceptors (Lipinski definition) is 1. The normalized spacial score (nSPS) is 31.8. The molecule has 13 heavy (non-hydrogen) atoms. The molecule has 70 valence electrons. The highest BCUT2D eigenvalue weighted by molar-refractivity contribution is 9.10. The molecule has 0 radical (unpaired) electrons. The van der Waals surface area contributed by atoms with Crippen LogP contribution >= 0.6 is 27.5 Å². The molecule has 0 saturated heterocycles. The Labute approximate surface area is 90.9 Å². The lowest BCUT2D eigenvalue weighted by atomic mass is 10.1. The minimum absolute atomic E-state index is 0.325. The predicted molar refractivity (Wildman–Crippen MR) is 56.8 cm³/mol. The SMILES string of the molecule is CC1CC1(O)c1ccc(Br)cc1Cl. The number of rotatable bonds is 1. The van der Waals surface area contributed by atoms with E-state index < -0.39 is 5.60 Å². The smallest absolute Gasteiger partial charge is 0.0941 e. The molecule has 2 unspecified atom stereocenters. The number of aliphatic hydroxyl groups is 1. The Morgan fingerprint density at radius 1 is 1.62 bits per heavy atom. The van der Waals surface area contributed by atoms with Crippen LogP contribution in [-0.2, 0) is 5.60 Å². The zero-order chi connectivity index (χ0) is 9.64. The summed E-state index contributed by atoms with van der Waals surface area (Å²) in [6.07, 6.45) is 0.814. The van der Waals surface area contributed by atoms with Crippen molar-refractivity contribution >= 4 is 27.5 Å². The Kier molecular flexibility index (Phi) is 2.17. The first kappa shape index (κ1) is 9.50. The van der Waals surface area contributed by atoms with Crippen LogP contribution < -0.4 is 0 Å². The zero-order valence-electron chi connectivity index (χ0n) is 7.22. The molecule has 1 aliphatic rings. The van der Waals surface area contributed by atoms with E-state index in [9.17, 15) is 5.11 Å². The molecule has 1 aromatic carbocycles. The molecular formula is C10H10BrClO. The van der Waals surface area contributed by atoms with Gasteiger partial charge in [0, 0.05) is 15.1 Å². The van der Waals surface area contributed by atoms with Crippen LogP contribution in [0.1, 0.15) is 18.9 Å². The third-order valence-electron chi connectivity index (χ3n) is 2.67. The molecule has 0 aromatic heterocycles. The fraction of sp³-hybridized carbons (Fsp3) is 0.400. The Balaban J connectivity index is 2.42. The average molecular weight is 262 g/mol. The Bertz CT molecular complexity index is 353. The second-order valence-electron chi connectivity index (χ2n) is 3.65. The predicted octanol–water partition coefficient (Wildman–Crippen LogP) is 3.33. The molecule has 0 aliphatic heterocycles. The van der Waals surface area contributed by atoms with Gasteiger partial charge in [0.15, 0.2) is 0 Å². The van der Waals surface area contributed by atoms with Gasteiger partial charge in [0.1, 0.15) is 0 Å². The van der Waals surface area contributed by atoms with Crippen LogP contribution in [0.5, 0.6) is 0 Å². The van der Waals surface area contributed by atoms with Crippen LogP contribution in [0.2, 0.25) is 5.02 Å². The Hall–Kier alpha value is -0.0500. The molecule has 1 saturated carbocycles. The molecular weight excluding hydrogens is 251 g/mol. The van der Waals surface area contributed by atoms with Crippen LogP contribution in [0.15, 0.2) is 22.7 Å². The summed E-state index contributed by atoms with van der Waals surface area (Å²) in [7, 11) is 0. The van der Waals surface area contributed by atoms with E-state index in [1.807, 2.05) is 25.1 Å². The fourth-order valence-electron chi connectivity index (χ4n) is 1.62. The fourth-order valence-corrected chi connectivity index (χ4v) is 2.46. The van der Waals surface area contributed by atoms with Crippen molar-refractivity contribution in [2.45, 2.75) is 18.9 Å². The maximum Gasteiger partial charge on any atom is 0.0941 e. The quantitative estimate of drug-likeness (QED) is 0.822. The van der Waals surface area contributed by atoms with Crippen LogP contribution in [0.4, 0.5) is 0 Å². The van der Waals surface area contributed by atoms with E-state index in [0.29, 0.717) is 10.9 Å². The van der Waals surface area contributed by atoms with Gasteiger partial charge in [-0.3, -0.25) is 0 Å². The van der Waals surface area contributed by atoms with Crippen molar-refractivity contribution in [2.75, 3.05) is 0 Å². The van der Waals surface area contributed by atoms with Gasteiger partial charge in [-0.2, -0.15) is 0 Å². The van der Waals surface area contributed by atoms with Gasteiger partial charge in [-0.1, -0.05) is 40.5 Å². The third-order valence-corrected chi connectivity index (χ3v) is 3.48. The van der Waals surface area contributed by atoms with Crippen molar-refractivity contribution in [2.24, 2.45) is 5.92 Å². The highest BCUT2D eigenvalue weighted by Gasteiger charge is 2.51. The topological polar surface area (TPSA) is 20.2 Å². The summed E-state index contributed by atoms with van der Waals surface area (Å²) in [6.45, 7) is 2.03. The lowest BCUT2D eigenvalue weighted by molar-refractivity contribution is 0.135. The molecule has 1 nitrogen and oxygen atoms in total. The van der Waals surface area contributed by atoms with Crippen molar-refractivity contribution in [3.8, 4) is 0 Å². The number of benzene rings is 1. The largest absolute Gasteiger partial charge is 0.385 e. The van der Waals surface area contributed by atoms with Gasteiger partial charge < -0.3 is 5.11 Å². The van der Waals surface area contributed by atoms with E-state index in [-0.39, 0.29) is 0 Å². The van der Waals surface area contributed by atoms with Gasteiger partial charge >= 0.3 is 0 Å². The summed E-state index contributed by atoms with van der Waals surface area (Å²) in [5.74, 6) is 0.325. The first-order valence-corrected chi connectivity index (χ1v) is 5.39. The van der Waals surface area contributed by atoms with Gasteiger partial charge in [0.25, 0.3) is 0 Å². The maximum absolute atomic E-state index is 10.0. The van der Waals surface area contributed by atoms with Gasteiger partial charge in [-0.25, -0.2) is 0 Å². The lowest BCUT2D eigenvalue weighted by Gasteiger charge is -2.11. The van der Waals surface area contributed by atoms with Gasteiger partial charge in [0.05, 0.1) is 5.60 Å². The second kappa shape index (κ2) is 2.97. The molecule has 1 aromatic rings. The molecule has 0 amide bonds. The summed E-state index contributed by atoms with van der Waals surface area (Å²) >= 11 is 9.36. The Morgan fingerprint density at radius 2 is 2.23 bits per heavy atom. The van der Waals surface area contributed by atoms with Gasteiger partial charge in [-0.05, 0) is 24.5 Å². The lowest BCUT2D eigenvalue weighted by Crippen LogP contribution is -2.07. The highest BCUT2D eigenvalue weighted by atomic mass is 79.9. The van der Waals surface area contributed by atoms with E-state index in [1.54, 1.807) is 0 Å². The molecule has 1 fully saturated rings. The molecule has 0 spiro atoms. The average Bonchev–Trinajstić information content (AvgIpc) is 2.59. The minimum atomic E-state index is -0.669. The van der Waals surface area contributed by atoms with Crippen LogP contribution in [0, 0.1) is 5.92 Å². The monoisotopic (exact) mass is 260 g/mol. The van der Waals surface area contributed by atoms with Crippen LogP contribution in [-0.4, -0.2) is 5.11 Å². The molecule has 1 aliphatic carbocycles. The van der Waals surface area contributed by atoms with E-state index >= 15 is 0 Å². The van der Waals surface area contributed by atoms with Gasteiger partial charge in [0.2, 0.25) is 0 Å². The van der Waals surface area contributed by atoms with E-state index in [0.717, 1.165) is 16.5 Å². The first-order chi connectivity index (χ1) is 6.04. The standard InChI is InChI=1S/C10H10BrClO/c1-6-5-10(6,13)8-3-2-7(11)4-9(8)12/h2-4,6,13H,5H2,1H3. The summed E-state index contributed by atoms with van der Waals surface area (Å²) in [5.41, 5.74) is 0.183. The number of halogens is 2. The summed E-state index contributed by atoms with van der Waals surface area (Å²) in [6, 6.07) is 5.61. The maximum atomic E-state index is 10.0. The summed E-state index contributed by atoms with van der Waals surface area (Å²) < 4.78 is 0.943.